The highest BCUT2D eigenvalue weighted by Gasteiger charge is 2.49. The molecule has 96 valence electrons. The van der Waals surface area contributed by atoms with Crippen LogP contribution in [-0.4, -0.2) is 12.6 Å². The van der Waals surface area contributed by atoms with Gasteiger partial charge in [0, 0.05) is 6.04 Å². The summed E-state index contributed by atoms with van der Waals surface area (Å²) in [6.45, 7) is 15.3. The molecule has 1 aliphatic carbocycles. The van der Waals surface area contributed by atoms with Crippen LogP contribution in [0.25, 0.3) is 0 Å². The smallest absolute Gasteiger partial charge is 0.0101 e. The molecule has 0 bridgehead atoms. The predicted molar refractivity (Wildman–Crippen MR) is 72.7 cm³/mol. The summed E-state index contributed by atoms with van der Waals surface area (Å²) in [5.74, 6) is 0.918. The molecule has 0 aromatic carbocycles. The highest BCUT2D eigenvalue weighted by Crippen LogP contribution is 2.54. The predicted octanol–water partition coefficient (Wildman–Crippen LogP) is 4.23. The average molecular weight is 225 g/mol. The Morgan fingerprint density at radius 3 is 2.25 bits per heavy atom. The van der Waals surface area contributed by atoms with Gasteiger partial charge in [-0.15, -0.1) is 0 Å². The van der Waals surface area contributed by atoms with Gasteiger partial charge in [0.05, 0.1) is 0 Å². The van der Waals surface area contributed by atoms with Crippen molar-refractivity contribution in [1.82, 2.24) is 5.32 Å². The Hall–Kier alpha value is -0.0400. The highest BCUT2D eigenvalue weighted by molar-refractivity contribution is 5.01. The number of rotatable bonds is 6. The fourth-order valence-corrected chi connectivity index (χ4v) is 2.56. The minimum Gasteiger partial charge on any atom is -0.314 e. The summed E-state index contributed by atoms with van der Waals surface area (Å²) in [6.07, 6.45) is 5.34. The Kier molecular flexibility index (Phi) is 4.45. The second kappa shape index (κ2) is 5.08. The van der Waals surface area contributed by atoms with E-state index in [0.717, 1.165) is 12.0 Å². The lowest BCUT2D eigenvalue weighted by Crippen LogP contribution is -2.34. The lowest BCUT2D eigenvalue weighted by atomic mass is 9.87. The number of nitrogens with one attached hydrogen (secondary N) is 1. The molecule has 1 aliphatic rings. The van der Waals surface area contributed by atoms with E-state index in [-0.39, 0.29) is 0 Å². The monoisotopic (exact) mass is 225 g/mol. The number of hydrogen-bond acceptors (Lipinski definition) is 1. The van der Waals surface area contributed by atoms with Gasteiger partial charge in [0.2, 0.25) is 0 Å². The molecule has 1 rings (SSSR count). The van der Waals surface area contributed by atoms with E-state index in [1.165, 1.54) is 32.2 Å². The Bertz CT molecular complexity index is 212. The molecule has 1 nitrogen and oxygen atoms in total. The van der Waals surface area contributed by atoms with Crippen LogP contribution < -0.4 is 5.32 Å². The van der Waals surface area contributed by atoms with Gasteiger partial charge < -0.3 is 5.32 Å². The van der Waals surface area contributed by atoms with Gasteiger partial charge in [-0.05, 0) is 49.0 Å². The van der Waals surface area contributed by atoms with Crippen molar-refractivity contribution in [3.05, 3.63) is 0 Å². The fraction of sp³-hybridized carbons (Fsp3) is 1.00. The molecule has 0 radical (unpaired) electrons. The van der Waals surface area contributed by atoms with E-state index in [2.05, 4.69) is 46.9 Å². The largest absolute Gasteiger partial charge is 0.314 e. The molecule has 1 heteroatoms. The molecule has 2 atom stereocenters. The summed E-state index contributed by atoms with van der Waals surface area (Å²) in [5.41, 5.74) is 1.08. The Morgan fingerprint density at radius 2 is 1.88 bits per heavy atom. The Labute approximate surface area is 102 Å². The summed E-state index contributed by atoms with van der Waals surface area (Å²) < 4.78 is 0. The molecule has 1 fully saturated rings. The van der Waals surface area contributed by atoms with Crippen LogP contribution in [0, 0.1) is 16.7 Å². The van der Waals surface area contributed by atoms with Crippen molar-refractivity contribution < 1.29 is 0 Å². The van der Waals surface area contributed by atoms with Crippen LogP contribution in [-0.2, 0) is 0 Å². The molecule has 1 N–H and O–H groups in total. The molecule has 0 amide bonds. The van der Waals surface area contributed by atoms with Crippen molar-refractivity contribution in [3.63, 3.8) is 0 Å². The Balaban J connectivity index is 2.40. The van der Waals surface area contributed by atoms with Gasteiger partial charge in [-0.1, -0.05) is 41.5 Å². The minimum absolute atomic E-state index is 0.477. The molecule has 0 aliphatic heterocycles. The first-order valence-electron chi connectivity index (χ1n) is 6.99. The van der Waals surface area contributed by atoms with Crippen LogP contribution in [0.4, 0.5) is 0 Å². The summed E-state index contributed by atoms with van der Waals surface area (Å²) in [7, 11) is 0. The van der Waals surface area contributed by atoms with Crippen molar-refractivity contribution in [2.45, 2.75) is 73.3 Å². The van der Waals surface area contributed by atoms with Gasteiger partial charge in [-0.3, -0.25) is 0 Å². The minimum atomic E-state index is 0.477. The van der Waals surface area contributed by atoms with Gasteiger partial charge in [-0.2, -0.15) is 0 Å². The third-order valence-corrected chi connectivity index (χ3v) is 3.94. The first-order valence-corrected chi connectivity index (χ1v) is 6.99. The second-order valence-corrected chi connectivity index (χ2v) is 7.46. The van der Waals surface area contributed by atoms with Crippen molar-refractivity contribution in [1.29, 1.82) is 0 Å². The van der Waals surface area contributed by atoms with Gasteiger partial charge in [0.1, 0.15) is 0 Å². The molecule has 0 saturated heterocycles. The van der Waals surface area contributed by atoms with E-state index in [4.69, 9.17) is 0 Å². The van der Waals surface area contributed by atoms with Gasteiger partial charge in [0.25, 0.3) is 0 Å². The van der Waals surface area contributed by atoms with Gasteiger partial charge in [0.15, 0.2) is 0 Å². The molecule has 0 spiro atoms. The van der Waals surface area contributed by atoms with Crippen LogP contribution in [0.2, 0.25) is 0 Å². The SMILES string of the molecule is CCCNC(CCC(C)(C)C)C1CC1(C)C. The topological polar surface area (TPSA) is 12.0 Å². The molecule has 0 heterocycles. The lowest BCUT2D eigenvalue weighted by molar-refractivity contribution is 0.302. The Morgan fingerprint density at radius 1 is 1.31 bits per heavy atom. The molecule has 1 saturated carbocycles. The van der Waals surface area contributed by atoms with E-state index in [1.54, 1.807) is 0 Å². The molecule has 16 heavy (non-hydrogen) atoms. The molecular formula is C15H31N. The van der Waals surface area contributed by atoms with Crippen LogP contribution in [0.1, 0.15) is 67.2 Å². The summed E-state index contributed by atoms with van der Waals surface area (Å²) >= 11 is 0. The lowest BCUT2D eigenvalue weighted by Gasteiger charge is -2.25. The summed E-state index contributed by atoms with van der Waals surface area (Å²) in [6, 6.07) is 0.758. The van der Waals surface area contributed by atoms with E-state index in [9.17, 15) is 0 Å². The van der Waals surface area contributed by atoms with Crippen LogP contribution >= 0.6 is 0 Å². The molecule has 2 unspecified atom stereocenters. The van der Waals surface area contributed by atoms with E-state index < -0.39 is 0 Å². The summed E-state index contributed by atoms with van der Waals surface area (Å²) in [5, 5.41) is 3.76. The number of hydrogen-bond donors (Lipinski definition) is 1. The second-order valence-electron chi connectivity index (χ2n) is 7.46. The standard InChI is InChI=1S/C15H31N/c1-7-10-16-13(8-9-14(2,3)4)12-11-15(12,5)6/h12-13,16H,7-11H2,1-6H3. The van der Waals surface area contributed by atoms with E-state index in [1.807, 2.05) is 0 Å². The van der Waals surface area contributed by atoms with Crippen molar-refractivity contribution in [2.75, 3.05) is 6.54 Å². The third-order valence-electron chi connectivity index (χ3n) is 3.94. The third kappa shape index (κ3) is 4.45. The zero-order valence-electron chi connectivity index (χ0n) is 12.2. The van der Waals surface area contributed by atoms with Crippen molar-refractivity contribution in [2.24, 2.45) is 16.7 Å². The maximum atomic E-state index is 3.76. The first-order chi connectivity index (χ1) is 7.26. The van der Waals surface area contributed by atoms with Crippen molar-refractivity contribution >= 4 is 0 Å². The maximum absolute atomic E-state index is 3.76. The zero-order chi connectivity index (χ0) is 12.4. The first kappa shape index (κ1) is 14.0. The van der Waals surface area contributed by atoms with E-state index >= 15 is 0 Å². The summed E-state index contributed by atoms with van der Waals surface area (Å²) in [4.78, 5) is 0. The highest BCUT2D eigenvalue weighted by atomic mass is 14.9. The fourth-order valence-electron chi connectivity index (χ4n) is 2.56. The quantitative estimate of drug-likeness (QED) is 0.713. The zero-order valence-corrected chi connectivity index (χ0v) is 12.2. The van der Waals surface area contributed by atoms with Gasteiger partial charge >= 0.3 is 0 Å². The molecule has 0 aromatic heterocycles. The van der Waals surface area contributed by atoms with Crippen molar-refractivity contribution in [3.8, 4) is 0 Å². The molecule has 0 aromatic rings. The normalized spacial score (nSPS) is 25.5. The van der Waals surface area contributed by atoms with E-state index in [0.29, 0.717) is 10.8 Å². The van der Waals surface area contributed by atoms with Crippen LogP contribution in [0.3, 0.4) is 0 Å². The maximum Gasteiger partial charge on any atom is 0.0101 e. The van der Waals surface area contributed by atoms with Crippen LogP contribution in [0.15, 0.2) is 0 Å². The molecular weight excluding hydrogens is 194 g/mol. The van der Waals surface area contributed by atoms with Gasteiger partial charge in [-0.25, -0.2) is 0 Å². The average Bonchev–Trinajstić information content (AvgIpc) is 2.73. The van der Waals surface area contributed by atoms with Crippen LogP contribution in [0.5, 0.6) is 0 Å².